The van der Waals surface area contributed by atoms with Gasteiger partial charge in [0.1, 0.15) is 12.2 Å². The van der Waals surface area contributed by atoms with Gasteiger partial charge < -0.3 is 24.8 Å². The van der Waals surface area contributed by atoms with Crippen LogP contribution in [0.2, 0.25) is 0 Å². The zero-order valence-corrected chi connectivity index (χ0v) is 20.8. The number of carboxylic acid groups (broad SMARTS) is 1. The highest BCUT2D eigenvalue weighted by Crippen LogP contribution is 2.49. The molecule has 8 nitrogen and oxygen atoms in total. The number of hydrogen-bond acceptors (Lipinski definition) is 5. The molecule has 0 aromatic heterocycles. The van der Waals surface area contributed by atoms with Crippen molar-refractivity contribution in [2.45, 2.75) is 51.2 Å². The molecule has 0 bridgehead atoms. The first kappa shape index (κ1) is 24.2. The van der Waals surface area contributed by atoms with Gasteiger partial charge in [0.25, 0.3) is 0 Å². The summed E-state index contributed by atoms with van der Waals surface area (Å²) in [7, 11) is 0. The average Bonchev–Trinajstić information content (AvgIpc) is 3.44. The van der Waals surface area contributed by atoms with Crippen molar-refractivity contribution in [3.05, 3.63) is 59.7 Å². The first-order valence-corrected chi connectivity index (χ1v) is 12.4. The van der Waals surface area contributed by atoms with Crippen LogP contribution in [0.25, 0.3) is 11.1 Å². The first-order chi connectivity index (χ1) is 17.1. The molecule has 2 aromatic carbocycles. The molecule has 36 heavy (non-hydrogen) atoms. The number of alkyl carbamates (subject to hydrolysis) is 1. The number of benzene rings is 2. The number of carbonyl (C=O) groups is 3. The number of nitrogens with zero attached hydrogens (tertiary/aromatic N) is 1. The lowest BCUT2D eigenvalue weighted by atomic mass is 9.81. The van der Waals surface area contributed by atoms with Crippen LogP contribution in [0, 0.1) is 11.3 Å². The Hall–Kier alpha value is -3.55. The van der Waals surface area contributed by atoms with Gasteiger partial charge in [-0.3, -0.25) is 4.79 Å². The summed E-state index contributed by atoms with van der Waals surface area (Å²) in [5.74, 6) is -1.25. The predicted molar refractivity (Wildman–Crippen MR) is 133 cm³/mol. The van der Waals surface area contributed by atoms with Crippen LogP contribution in [0.4, 0.5) is 9.59 Å². The molecule has 0 spiro atoms. The molecule has 0 unspecified atom stereocenters. The molecular weight excluding hydrogens is 460 g/mol. The quantitative estimate of drug-likeness (QED) is 0.645. The van der Waals surface area contributed by atoms with E-state index in [1.54, 1.807) is 20.8 Å². The third-order valence-corrected chi connectivity index (χ3v) is 7.62. The fraction of sp³-hybridized carbons (Fsp3) is 0.464. The number of amides is 2. The van der Waals surface area contributed by atoms with E-state index in [0.29, 0.717) is 13.0 Å². The molecule has 2 aromatic rings. The van der Waals surface area contributed by atoms with E-state index in [-0.39, 0.29) is 37.5 Å². The van der Waals surface area contributed by atoms with Crippen molar-refractivity contribution in [1.82, 2.24) is 10.2 Å². The maximum Gasteiger partial charge on any atom is 0.410 e. The Bertz CT molecular complexity index is 1160. The Morgan fingerprint density at radius 1 is 1.06 bits per heavy atom. The van der Waals surface area contributed by atoms with E-state index in [1.807, 2.05) is 24.3 Å². The van der Waals surface area contributed by atoms with Crippen molar-refractivity contribution in [1.29, 1.82) is 0 Å². The van der Waals surface area contributed by atoms with Gasteiger partial charge in [0.15, 0.2) is 0 Å². The number of hydrogen-bond donors (Lipinski definition) is 2. The largest absolute Gasteiger partial charge is 0.481 e. The highest BCUT2D eigenvalue weighted by molar-refractivity contribution is 5.80. The maximum absolute atomic E-state index is 12.7. The lowest BCUT2D eigenvalue weighted by Gasteiger charge is -2.27. The maximum atomic E-state index is 12.7. The lowest BCUT2D eigenvalue weighted by molar-refractivity contribution is -0.149. The van der Waals surface area contributed by atoms with Crippen LogP contribution in [0.5, 0.6) is 0 Å². The highest BCUT2D eigenvalue weighted by atomic mass is 16.6. The van der Waals surface area contributed by atoms with Crippen LogP contribution in [0.3, 0.4) is 0 Å². The monoisotopic (exact) mass is 492 g/mol. The lowest BCUT2D eigenvalue weighted by Crippen LogP contribution is -2.42. The van der Waals surface area contributed by atoms with Gasteiger partial charge in [0.2, 0.25) is 0 Å². The zero-order valence-electron chi connectivity index (χ0n) is 20.8. The van der Waals surface area contributed by atoms with Gasteiger partial charge in [-0.1, -0.05) is 48.5 Å². The van der Waals surface area contributed by atoms with Gasteiger partial charge in [-0.05, 0) is 61.8 Å². The van der Waals surface area contributed by atoms with Gasteiger partial charge >= 0.3 is 18.2 Å². The van der Waals surface area contributed by atoms with Crippen molar-refractivity contribution in [2.75, 3.05) is 19.7 Å². The van der Waals surface area contributed by atoms with Gasteiger partial charge in [0.05, 0.1) is 5.41 Å². The number of likely N-dealkylation sites (tertiary alicyclic amines) is 1. The third kappa shape index (κ3) is 4.29. The van der Waals surface area contributed by atoms with E-state index in [0.717, 1.165) is 22.3 Å². The van der Waals surface area contributed by atoms with Crippen LogP contribution in [0.15, 0.2) is 48.5 Å². The van der Waals surface area contributed by atoms with Crippen molar-refractivity contribution >= 4 is 18.2 Å². The van der Waals surface area contributed by atoms with Crippen LogP contribution >= 0.6 is 0 Å². The summed E-state index contributed by atoms with van der Waals surface area (Å²) in [4.78, 5) is 39.0. The zero-order chi connectivity index (χ0) is 25.7. The number of nitrogens with one attached hydrogen (secondary N) is 1. The molecule has 1 saturated carbocycles. The first-order valence-electron chi connectivity index (χ1n) is 12.4. The summed E-state index contributed by atoms with van der Waals surface area (Å²) < 4.78 is 11.1. The van der Waals surface area contributed by atoms with Crippen molar-refractivity contribution in [3.8, 4) is 11.1 Å². The van der Waals surface area contributed by atoms with E-state index >= 15 is 0 Å². The Kier molecular flexibility index (Phi) is 5.93. The molecule has 1 aliphatic heterocycles. The van der Waals surface area contributed by atoms with Crippen LogP contribution in [-0.2, 0) is 14.3 Å². The number of ether oxygens (including phenoxy) is 2. The Morgan fingerprint density at radius 3 is 2.22 bits per heavy atom. The van der Waals surface area contributed by atoms with E-state index < -0.39 is 29.2 Å². The summed E-state index contributed by atoms with van der Waals surface area (Å²) in [5.41, 5.74) is 2.83. The second-order valence-corrected chi connectivity index (χ2v) is 11.1. The van der Waals surface area contributed by atoms with Gasteiger partial charge in [-0.2, -0.15) is 0 Å². The fourth-order valence-corrected chi connectivity index (χ4v) is 6.08. The van der Waals surface area contributed by atoms with Gasteiger partial charge in [0, 0.05) is 25.0 Å². The summed E-state index contributed by atoms with van der Waals surface area (Å²) in [6.45, 7) is 5.91. The second kappa shape index (κ2) is 8.84. The number of fused-ring (bicyclic) bond motifs is 4. The molecule has 1 saturated heterocycles. The standard InChI is InChI=1S/C28H32N2O6/c1-27(2,3)36-26(34)30-14-17-12-18(13-28(17,16-30)24(31)32)29-25(33)35-15-23-21-10-6-4-8-19(21)20-9-5-7-11-22(20)23/h4-11,17-18,23H,12-16H2,1-3H3,(H,29,33)(H,31,32)/t17-,18+,28-/m0/s1. The number of carbonyl (C=O) groups excluding carboxylic acids is 2. The molecule has 190 valence electrons. The van der Waals surface area contributed by atoms with Crippen LogP contribution in [0.1, 0.15) is 50.7 Å². The third-order valence-electron chi connectivity index (χ3n) is 7.62. The molecule has 2 fully saturated rings. The molecule has 1 heterocycles. The molecule has 2 N–H and O–H groups in total. The minimum Gasteiger partial charge on any atom is -0.481 e. The summed E-state index contributed by atoms with van der Waals surface area (Å²) in [6.07, 6.45) is -0.336. The molecule has 8 heteroatoms. The smallest absolute Gasteiger partial charge is 0.410 e. The summed E-state index contributed by atoms with van der Waals surface area (Å²) in [5, 5.41) is 13.0. The minimum atomic E-state index is -1.10. The van der Waals surface area contributed by atoms with Crippen LogP contribution < -0.4 is 5.32 Å². The topological polar surface area (TPSA) is 105 Å². The number of carboxylic acids is 1. The van der Waals surface area contributed by atoms with E-state index in [2.05, 4.69) is 29.6 Å². The molecule has 3 aliphatic rings. The van der Waals surface area contributed by atoms with Gasteiger partial charge in [-0.25, -0.2) is 9.59 Å². The van der Waals surface area contributed by atoms with E-state index in [4.69, 9.17) is 9.47 Å². The summed E-state index contributed by atoms with van der Waals surface area (Å²) in [6, 6.07) is 15.9. The second-order valence-electron chi connectivity index (χ2n) is 11.1. The normalized spacial score (nSPS) is 24.6. The molecule has 2 aliphatic carbocycles. The fourth-order valence-electron chi connectivity index (χ4n) is 6.08. The SMILES string of the molecule is CC(C)(C)OC(=O)N1C[C@@H]2C[C@@H](NC(=O)OCC3c4ccccc4-c4ccccc43)C[C@]2(C(=O)O)C1. The molecule has 3 atom stereocenters. The molecular formula is C28H32N2O6. The van der Waals surface area contributed by atoms with E-state index in [1.165, 1.54) is 4.90 Å². The highest BCUT2D eigenvalue weighted by Gasteiger charge is 2.59. The Morgan fingerprint density at radius 2 is 1.67 bits per heavy atom. The van der Waals surface area contributed by atoms with Crippen molar-refractivity contribution in [2.24, 2.45) is 11.3 Å². The van der Waals surface area contributed by atoms with Crippen molar-refractivity contribution < 1.29 is 29.0 Å². The molecule has 5 rings (SSSR count). The van der Waals surface area contributed by atoms with Gasteiger partial charge in [-0.15, -0.1) is 0 Å². The predicted octanol–water partition coefficient (Wildman–Crippen LogP) is 4.63. The molecule has 0 radical (unpaired) electrons. The molecule has 2 amide bonds. The number of rotatable bonds is 4. The van der Waals surface area contributed by atoms with Crippen molar-refractivity contribution in [3.63, 3.8) is 0 Å². The Labute approximate surface area is 210 Å². The average molecular weight is 493 g/mol. The van der Waals surface area contributed by atoms with Crippen LogP contribution in [-0.4, -0.2) is 59.5 Å². The Balaban J connectivity index is 1.21. The summed E-state index contributed by atoms with van der Waals surface area (Å²) >= 11 is 0. The number of aliphatic carboxylic acids is 1. The minimum absolute atomic E-state index is 0.0427. The van der Waals surface area contributed by atoms with E-state index in [9.17, 15) is 19.5 Å².